The van der Waals surface area contributed by atoms with E-state index >= 15 is 0 Å². The fourth-order valence-electron chi connectivity index (χ4n) is 4.29. The van der Waals surface area contributed by atoms with Gasteiger partial charge in [-0.1, -0.05) is 6.07 Å². The maximum absolute atomic E-state index is 13.4. The highest BCUT2D eigenvalue weighted by Gasteiger charge is 2.36. The molecule has 2 aromatic rings. The van der Waals surface area contributed by atoms with E-state index in [1.807, 2.05) is 20.8 Å². The van der Waals surface area contributed by atoms with Gasteiger partial charge in [0.05, 0.1) is 18.5 Å². The number of hydrogen-bond donors (Lipinski definition) is 0. The molecule has 0 saturated heterocycles. The van der Waals surface area contributed by atoms with Crippen LogP contribution >= 0.6 is 0 Å². The summed E-state index contributed by atoms with van der Waals surface area (Å²) in [7, 11) is 0. The van der Waals surface area contributed by atoms with Gasteiger partial charge in [-0.25, -0.2) is 14.6 Å². The summed E-state index contributed by atoms with van der Waals surface area (Å²) in [5.41, 5.74) is 4.99. The van der Waals surface area contributed by atoms with Gasteiger partial charge < -0.3 is 13.9 Å². The van der Waals surface area contributed by atoms with E-state index in [1.165, 1.54) is 22.2 Å². The molecule has 7 nitrogen and oxygen atoms in total. The van der Waals surface area contributed by atoms with Crippen LogP contribution in [0, 0.1) is 0 Å². The molecule has 0 atom stereocenters. The van der Waals surface area contributed by atoms with Crippen molar-refractivity contribution in [3.8, 4) is 0 Å². The van der Waals surface area contributed by atoms with E-state index in [-0.39, 0.29) is 18.4 Å². The van der Waals surface area contributed by atoms with Crippen molar-refractivity contribution in [3.05, 3.63) is 40.3 Å². The lowest BCUT2D eigenvalue weighted by Gasteiger charge is -2.28. The summed E-state index contributed by atoms with van der Waals surface area (Å²) < 4.78 is 16.4. The van der Waals surface area contributed by atoms with Gasteiger partial charge in [0.1, 0.15) is 5.60 Å². The molecule has 0 aliphatic heterocycles. The third kappa shape index (κ3) is 3.80. The summed E-state index contributed by atoms with van der Waals surface area (Å²) in [5.74, 6) is -0.645. The van der Waals surface area contributed by atoms with Gasteiger partial charge in [-0.05, 0) is 88.5 Å². The number of anilines is 2. The first kappa shape index (κ1) is 20.4. The van der Waals surface area contributed by atoms with Crippen molar-refractivity contribution in [1.29, 1.82) is 0 Å². The van der Waals surface area contributed by atoms with Crippen molar-refractivity contribution in [1.82, 2.24) is 4.98 Å². The quantitative estimate of drug-likeness (QED) is 0.664. The lowest BCUT2D eigenvalue weighted by molar-refractivity contribution is 0.0484. The molecule has 0 saturated carbocycles. The summed E-state index contributed by atoms with van der Waals surface area (Å²) in [4.78, 5) is 31.1. The van der Waals surface area contributed by atoms with E-state index in [0.29, 0.717) is 0 Å². The highest BCUT2D eigenvalue weighted by molar-refractivity contribution is 5.97. The molecule has 0 bridgehead atoms. The zero-order chi connectivity index (χ0) is 21.5. The van der Waals surface area contributed by atoms with Crippen molar-refractivity contribution in [2.45, 2.75) is 71.8 Å². The van der Waals surface area contributed by atoms with Crippen LogP contribution in [-0.2, 0) is 35.2 Å². The molecule has 0 N–H and O–H groups in total. The van der Waals surface area contributed by atoms with Crippen LogP contribution in [0.2, 0.25) is 0 Å². The second-order valence-electron chi connectivity index (χ2n) is 8.75. The molecule has 160 valence electrons. The molecule has 1 aromatic heterocycles. The number of carbonyl (C=O) groups excluding carboxylic acids is 2. The Balaban J connectivity index is 1.84. The number of amides is 1. The molecule has 2 aliphatic carbocycles. The van der Waals surface area contributed by atoms with Gasteiger partial charge in [0.25, 0.3) is 0 Å². The zero-order valence-corrected chi connectivity index (χ0v) is 18.0. The maximum Gasteiger partial charge on any atom is 0.423 e. The van der Waals surface area contributed by atoms with Crippen LogP contribution in [0.3, 0.4) is 0 Å². The minimum Gasteiger partial charge on any atom is -0.460 e. The number of nitrogens with zero attached hydrogens (tertiary/aromatic N) is 2. The molecule has 1 heterocycles. The van der Waals surface area contributed by atoms with Gasteiger partial charge in [-0.3, -0.25) is 0 Å². The molecule has 0 spiro atoms. The molecule has 1 amide bonds. The Bertz CT molecular complexity index is 954. The number of carbonyl (C=O) groups is 2. The van der Waals surface area contributed by atoms with Crippen LogP contribution in [0.15, 0.2) is 16.7 Å². The topological polar surface area (TPSA) is 81.9 Å². The monoisotopic (exact) mass is 412 g/mol. The zero-order valence-electron chi connectivity index (χ0n) is 18.0. The van der Waals surface area contributed by atoms with Gasteiger partial charge in [-0.2, -0.15) is 4.90 Å². The molecular weight excluding hydrogens is 384 g/mol. The number of fused-ring (bicyclic) bond motifs is 2. The lowest BCUT2D eigenvalue weighted by atomic mass is 9.98. The van der Waals surface area contributed by atoms with Crippen LogP contribution in [0.5, 0.6) is 0 Å². The molecule has 30 heavy (non-hydrogen) atoms. The first-order valence-electron chi connectivity index (χ1n) is 10.6. The fourth-order valence-corrected chi connectivity index (χ4v) is 4.29. The number of aromatic nitrogens is 1. The van der Waals surface area contributed by atoms with Crippen molar-refractivity contribution in [2.75, 3.05) is 11.5 Å². The second kappa shape index (κ2) is 7.78. The highest BCUT2D eigenvalue weighted by atomic mass is 16.6. The minimum absolute atomic E-state index is 0.0294. The van der Waals surface area contributed by atoms with E-state index in [1.54, 1.807) is 6.92 Å². The predicted octanol–water partition coefficient (Wildman–Crippen LogP) is 4.90. The molecule has 2 aliphatic rings. The largest absolute Gasteiger partial charge is 0.460 e. The molecule has 0 radical (unpaired) electrons. The van der Waals surface area contributed by atoms with E-state index in [0.717, 1.165) is 55.3 Å². The van der Waals surface area contributed by atoms with Crippen LogP contribution < -0.4 is 4.90 Å². The summed E-state index contributed by atoms with van der Waals surface area (Å²) in [6.45, 7) is 7.41. The fraction of sp³-hybridized carbons (Fsp3) is 0.522. The Labute approximate surface area is 176 Å². The minimum atomic E-state index is -0.687. The molecular formula is C23H28N2O5. The number of oxazole rings is 1. The standard InChI is InChI=1S/C23H28N2O5/c1-5-28-20(26)18-13-24-21(29-18)25(22(27)30-23(2,3)4)19-16-10-6-8-14(16)12-15-9-7-11-17(15)19/h12-13H,5-11H2,1-4H3. The third-order valence-corrected chi connectivity index (χ3v) is 5.40. The second-order valence-corrected chi connectivity index (χ2v) is 8.75. The van der Waals surface area contributed by atoms with Gasteiger partial charge >= 0.3 is 18.1 Å². The Hall–Kier alpha value is -2.83. The number of hydrogen-bond acceptors (Lipinski definition) is 6. The first-order valence-corrected chi connectivity index (χ1v) is 10.6. The average Bonchev–Trinajstić information content (AvgIpc) is 3.40. The smallest absolute Gasteiger partial charge is 0.423 e. The molecule has 1 aromatic carbocycles. The SMILES string of the molecule is CCOC(=O)c1cnc(N(C(=O)OC(C)(C)C)c2c3c(cc4c2CCC4)CCC3)o1. The summed E-state index contributed by atoms with van der Waals surface area (Å²) in [6, 6.07) is 2.32. The van der Waals surface area contributed by atoms with Crippen molar-refractivity contribution >= 4 is 23.8 Å². The highest BCUT2D eigenvalue weighted by Crippen LogP contribution is 2.43. The van der Waals surface area contributed by atoms with Gasteiger partial charge in [0, 0.05) is 0 Å². The first-order chi connectivity index (χ1) is 14.3. The van der Waals surface area contributed by atoms with Crippen molar-refractivity contribution in [2.24, 2.45) is 0 Å². The molecule has 7 heteroatoms. The Morgan fingerprint density at radius 1 is 1.10 bits per heavy atom. The number of aryl methyl sites for hydroxylation is 2. The van der Waals surface area contributed by atoms with Crippen molar-refractivity contribution in [3.63, 3.8) is 0 Å². The number of ether oxygens (including phenoxy) is 2. The summed E-state index contributed by atoms with van der Waals surface area (Å²) in [5, 5.41) is 0. The number of esters is 1. The van der Waals surface area contributed by atoms with Crippen LogP contribution in [-0.4, -0.2) is 29.3 Å². The number of benzene rings is 1. The van der Waals surface area contributed by atoms with E-state index in [4.69, 9.17) is 13.9 Å². The van der Waals surface area contributed by atoms with Gasteiger partial charge in [-0.15, -0.1) is 0 Å². The Morgan fingerprint density at radius 3 is 2.30 bits per heavy atom. The number of rotatable bonds is 4. The Morgan fingerprint density at radius 2 is 1.73 bits per heavy atom. The lowest BCUT2D eigenvalue weighted by Crippen LogP contribution is -2.35. The predicted molar refractivity (Wildman–Crippen MR) is 111 cm³/mol. The molecule has 0 fully saturated rings. The van der Waals surface area contributed by atoms with Crippen LogP contribution in [0.25, 0.3) is 0 Å². The molecule has 4 rings (SSSR count). The molecule has 0 unspecified atom stereocenters. The third-order valence-electron chi connectivity index (χ3n) is 5.40. The van der Waals surface area contributed by atoms with Crippen LogP contribution in [0.1, 0.15) is 73.3 Å². The van der Waals surface area contributed by atoms with Crippen LogP contribution in [0.4, 0.5) is 16.5 Å². The summed E-state index contributed by atoms with van der Waals surface area (Å²) >= 11 is 0. The maximum atomic E-state index is 13.4. The van der Waals surface area contributed by atoms with Crippen molar-refractivity contribution < 1.29 is 23.5 Å². The van der Waals surface area contributed by atoms with Gasteiger partial charge in [0.2, 0.25) is 5.76 Å². The van der Waals surface area contributed by atoms with E-state index < -0.39 is 17.7 Å². The van der Waals surface area contributed by atoms with E-state index in [9.17, 15) is 9.59 Å². The normalized spacial score (nSPS) is 14.9. The van der Waals surface area contributed by atoms with Gasteiger partial charge in [0.15, 0.2) is 0 Å². The van der Waals surface area contributed by atoms with E-state index in [2.05, 4.69) is 11.1 Å². The average molecular weight is 412 g/mol. The Kier molecular flexibility index (Phi) is 5.30. The summed E-state index contributed by atoms with van der Waals surface area (Å²) in [6.07, 6.45) is 6.61.